The molecule has 1 N–H and O–H groups in total. The molecule has 1 aromatic heterocycles. The molecule has 0 saturated carbocycles. The van der Waals surface area contributed by atoms with Gasteiger partial charge >= 0.3 is 5.97 Å². The maximum atomic E-state index is 10.9. The summed E-state index contributed by atoms with van der Waals surface area (Å²) in [5, 5.41) is 8.61. The van der Waals surface area contributed by atoms with E-state index in [9.17, 15) is 4.79 Å². The van der Waals surface area contributed by atoms with Crippen molar-refractivity contribution in [3.63, 3.8) is 0 Å². The molecule has 1 heterocycles. The maximum absolute atomic E-state index is 10.9. The fraction of sp³-hybridized carbons (Fsp3) is 0.222. The first-order valence-electron chi connectivity index (χ1n) is 3.86. The van der Waals surface area contributed by atoms with E-state index in [-0.39, 0.29) is 12.4 Å². The zero-order valence-corrected chi connectivity index (χ0v) is 8.35. The van der Waals surface area contributed by atoms with E-state index in [1.807, 2.05) is 6.07 Å². The van der Waals surface area contributed by atoms with E-state index in [1.54, 1.807) is 12.1 Å². The Morgan fingerprint density at radius 1 is 1.71 bits per heavy atom. The SMILES string of the molecule is COC(=O)Cc1ccc(C#N)c(=S)[nH]1. The molecule has 0 amide bonds. The summed E-state index contributed by atoms with van der Waals surface area (Å²) in [6.45, 7) is 0. The minimum Gasteiger partial charge on any atom is -0.469 e. The maximum Gasteiger partial charge on any atom is 0.311 e. The summed E-state index contributed by atoms with van der Waals surface area (Å²) in [5.74, 6) is -0.347. The third kappa shape index (κ3) is 2.41. The topological polar surface area (TPSA) is 65.9 Å². The molecule has 0 aliphatic rings. The lowest BCUT2D eigenvalue weighted by atomic mass is 10.2. The summed E-state index contributed by atoms with van der Waals surface area (Å²) >= 11 is 4.90. The van der Waals surface area contributed by atoms with Crippen molar-refractivity contribution in [2.24, 2.45) is 0 Å². The highest BCUT2D eigenvalue weighted by molar-refractivity contribution is 7.71. The summed E-state index contributed by atoms with van der Waals surface area (Å²) in [6, 6.07) is 5.16. The largest absolute Gasteiger partial charge is 0.469 e. The Hall–Kier alpha value is -1.67. The zero-order valence-electron chi connectivity index (χ0n) is 7.53. The fourth-order valence-corrected chi connectivity index (χ4v) is 1.18. The van der Waals surface area contributed by atoms with Gasteiger partial charge in [-0.1, -0.05) is 12.2 Å². The second-order valence-electron chi connectivity index (χ2n) is 2.59. The van der Waals surface area contributed by atoms with E-state index >= 15 is 0 Å². The standard InChI is InChI=1S/C9H8N2O2S/c1-13-8(12)4-7-3-2-6(5-10)9(14)11-7/h2-3H,4H2,1H3,(H,11,14). The highest BCUT2D eigenvalue weighted by Crippen LogP contribution is 2.03. The third-order valence-corrected chi connectivity index (χ3v) is 1.97. The van der Waals surface area contributed by atoms with Crippen molar-refractivity contribution in [1.29, 1.82) is 5.26 Å². The quantitative estimate of drug-likeness (QED) is 0.588. The Balaban J connectivity index is 2.94. The highest BCUT2D eigenvalue weighted by atomic mass is 32.1. The van der Waals surface area contributed by atoms with Crippen molar-refractivity contribution in [3.05, 3.63) is 28.0 Å². The van der Waals surface area contributed by atoms with Gasteiger partial charge in [0.05, 0.1) is 19.1 Å². The minimum atomic E-state index is -0.347. The number of hydrogen-bond acceptors (Lipinski definition) is 4. The lowest BCUT2D eigenvalue weighted by Crippen LogP contribution is -2.06. The van der Waals surface area contributed by atoms with Crippen LogP contribution >= 0.6 is 12.2 Å². The van der Waals surface area contributed by atoms with Gasteiger partial charge in [-0.3, -0.25) is 4.79 Å². The van der Waals surface area contributed by atoms with Gasteiger partial charge in [-0.2, -0.15) is 5.26 Å². The van der Waals surface area contributed by atoms with Crippen LogP contribution in [0.2, 0.25) is 0 Å². The van der Waals surface area contributed by atoms with Gasteiger partial charge in [-0.05, 0) is 12.1 Å². The second-order valence-corrected chi connectivity index (χ2v) is 3.00. The normalized spacial score (nSPS) is 9.14. The van der Waals surface area contributed by atoms with Crippen LogP contribution in [0.25, 0.3) is 0 Å². The summed E-state index contributed by atoms with van der Waals surface area (Å²) in [6.07, 6.45) is 0.131. The number of esters is 1. The first-order valence-corrected chi connectivity index (χ1v) is 4.27. The monoisotopic (exact) mass is 208 g/mol. The van der Waals surface area contributed by atoms with Crippen LogP contribution in [0.15, 0.2) is 12.1 Å². The Labute approximate surface area is 86.1 Å². The molecule has 0 spiro atoms. The zero-order chi connectivity index (χ0) is 10.6. The molecule has 14 heavy (non-hydrogen) atoms. The number of carbonyl (C=O) groups is 1. The van der Waals surface area contributed by atoms with Crippen LogP contribution < -0.4 is 0 Å². The minimum absolute atomic E-state index is 0.131. The van der Waals surface area contributed by atoms with Crippen LogP contribution in [0, 0.1) is 16.0 Å². The molecule has 0 saturated heterocycles. The van der Waals surface area contributed by atoms with Crippen molar-refractivity contribution in [2.45, 2.75) is 6.42 Å². The molecule has 0 radical (unpaired) electrons. The average Bonchev–Trinajstić information content (AvgIpc) is 2.18. The van der Waals surface area contributed by atoms with E-state index in [1.165, 1.54) is 7.11 Å². The summed E-state index contributed by atoms with van der Waals surface area (Å²) in [4.78, 5) is 13.7. The van der Waals surface area contributed by atoms with E-state index in [2.05, 4.69) is 9.72 Å². The molecule has 4 nitrogen and oxygen atoms in total. The number of pyridine rings is 1. The van der Waals surface area contributed by atoms with Gasteiger partial charge < -0.3 is 9.72 Å². The molecule has 0 bridgehead atoms. The molecular formula is C9H8N2O2S. The van der Waals surface area contributed by atoms with Gasteiger partial charge in [0.1, 0.15) is 10.7 Å². The lowest BCUT2D eigenvalue weighted by Gasteiger charge is -2.00. The van der Waals surface area contributed by atoms with E-state index < -0.39 is 0 Å². The summed E-state index contributed by atoms with van der Waals surface area (Å²) in [5.41, 5.74) is 1.04. The van der Waals surface area contributed by atoms with Crippen LogP contribution in [0.3, 0.4) is 0 Å². The molecular weight excluding hydrogens is 200 g/mol. The van der Waals surface area contributed by atoms with Crippen LogP contribution in [0.5, 0.6) is 0 Å². The molecule has 0 fully saturated rings. The number of hydrogen-bond donors (Lipinski definition) is 1. The molecule has 0 aliphatic heterocycles. The molecule has 0 aromatic carbocycles. The number of methoxy groups -OCH3 is 1. The molecule has 1 aromatic rings. The van der Waals surface area contributed by atoms with Crippen LogP contribution in [0.1, 0.15) is 11.3 Å². The number of nitrogens with zero attached hydrogens (tertiary/aromatic N) is 1. The Morgan fingerprint density at radius 3 is 2.93 bits per heavy atom. The van der Waals surface area contributed by atoms with Crippen LogP contribution in [-0.4, -0.2) is 18.1 Å². The second kappa shape index (κ2) is 4.53. The molecule has 0 atom stereocenters. The average molecular weight is 208 g/mol. The number of aromatic amines is 1. The van der Waals surface area contributed by atoms with Crippen molar-refractivity contribution in [2.75, 3.05) is 7.11 Å². The first-order chi connectivity index (χ1) is 6.67. The highest BCUT2D eigenvalue weighted by Gasteiger charge is 2.03. The van der Waals surface area contributed by atoms with Gasteiger partial charge in [-0.25, -0.2) is 0 Å². The first kappa shape index (κ1) is 10.4. The molecule has 1 rings (SSSR count). The predicted molar refractivity (Wildman–Crippen MR) is 52.1 cm³/mol. The van der Waals surface area contributed by atoms with Crippen molar-refractivity contribution in [1.82, 2.24) is 4.98 Å². The van der Waals surface area contributed by atoms with Gasteiger partial charge in [0.15, 0.2) is 0 Å². The summed E-state index contributed by atoms with van der Waals surface area (Å²) in [7, 11) is 1.32. The molecule has 72 valence electrons. The van der Waals surface area contributed by atoms with Crippen molar-refractivity contribution < 1.29 is 9.53 Å². The third-order valence-electron chi connectivity index (χ3n) is 1.65. The smallest absolute Gasteiger partial charge is 0.311 e. The van der Waals surface area contributed by atoms with E-state index in [0.29, 0.717) is 15.9 Å². The molecule has 0 aliphatic carbocycles. The van der Waals surface area contributed by atoms with Crippen molar-refractivity contribution in [3.8, 4) is 6.07 Å². The van der Waals surface area contributed by atoms with Crippen LogP contribution in [0.4, 0.5) is 0 Å². The number of rotatable bonds is 2. The number of aromatic nitrogens is 1. The van der Waals surface area contributed by atoms with Crippen molar-refractivity contribution >= 4 is 18.2 Å². The van der Waals surface area contributed by atoms with Gasteiger partial charge in [0.25, 0.3) is 0 Å². The number of ether oxygens (including phenoxy) is 1. The Morgan fingerprint density at radius 2 is 2.43 bits per heavy atom. The van der Waals surface area contributed by atoms with E-state index in [0.717, 1.165) is 0 Å². The molecule has 0 unspecified atom stereocenters. The lowest BCUT2D eigenvalue weighted by molar-refractivity contribution is -0.139. The number of nitrogens with one attached hydrogen (secondary N) is 1. The van der Waals surface area contributed by atoms with E-state index in [4.69, 9.17) is 17.5 Å². The number of carbonyl (C=O) groups excluding carboxylic acids is 1. The van der Waals surface area contributed by atoms with Crippen LogP contribution in [-0.2, 0) is 16.0 Å². The van der Waals surface area contributed by atoms with Gasteiger partial charge in [0.2, 0.25) is 0 Å². The number of H-pyrrole nitrogens is 1. The Kier molecular flexibility index (Phi) is 3.37. The van der Waals surface area contributed by atoms with Gasteiger partial charge in [0, 0.05) is 5.69 Å². The fourth-order valence-electron chi connectivity index (χ4n) is 0.933. The Bertz CT molecular complexity index is 445. The molecule has 5 heteroatoms. The predicted octanol–water partition coefficient (Wildman–Crippen LogP) is 1.33. The summed E-state index contributed by atoms with van der Waals surface area (Å²) < 4.78 is 4.83. The van der Waals surface area contributed by atoms with Gasteiger partial charge in [-0.15, -0.1) is 0 Å². The number of nitriles is 1.